The molecule has 0 bridgehead atoms. The molecule has 4 rings (SSSR count). The van der Waals surface area contributed by atoms with Crippen molar-refractivity contribution in [3.05, 3.63) is 65.2 Å². The van der Waals surface area contributed by atoms with Crippen LogP contribution in [0.25, 0.3) is 0 Å². The van der Waals surface area contributed by atoms with Crippen LogP contribution in [0.1, 0.15) is 29.2 Å². The zero-order valence-electron chi connectivity index (χ0n) is 16.5. The SMILES string of the molecule is Cc1ccccc1[C@H]1[C@@H]2CN(C(=O)CCc3cccc(O)c3)C[C@@H]2CN1C.Cl. The number of phenols is 1. The van der Waals surface area contributed by atoms with Crippen molar-refractivity contribution in [1.29, 1.82) is 0 Å². The first-order valence-electron chi connectivity index (χ1n) is 9.84. The van der Waals surface area contributed by atoms with Gasteiger partial charge in [0, 0.05) is 38.0 Å². The van der Waals surface area contributed by atoms with E-state index in [1.807, 2.05) is 12.1 Å². The van der Waals surface area contributed by atoms with Crippen molar-refractivity contribution in [3.8, 4) is 5.75 Å². The molecule has 2 fully saturated rings. The Kier molecular flexibility index (Phi) is 6.31. The van der Waals surface area contributed by atoms with Crippen LogP contribution in [-0.2, 0) is 11.2 Å². The van der Waals surface area contributed by atoms with E-state index < -0.39 is 0 Å². The Balaban J connectivity index is 0.00000225. The van der Waals surface area contributed by atoms with E-state index in [1.54, 1.807) is 12.1 Å². The second kappa shape index (κ2) is 8.54. The molecule has 0 unspecified atom stereocenters. The standard InChI is InChI=1S/C23H28N2O2.ClH/c1-16-6-3-4-9-20(16)23-21-15-25(14-18(21)13-24(23)2)22(27)11-10-17-7-5-8-19(26)12-17;/h3-9,12,18,21,23,26H,10-11,13-15H2,1-2H3;1H/t18-,21+,23-;/m0./s1. The molecule has 5 heteroatoms. The van der Waals surface area contributed by atoms with Gasteiger partial charge in [-0.2, -0.15) is 0 Å². The number of nitrogens with zero attached hydrogens (tertiary/aromatic N) is 2. The summed E-state index contributed by atoms with van der Waals surface area (Å²) in [5.74, 6) is 1.57. The number of amides is 1. The number of hydrogen-bond donors (Lipinski definition) is 1. The van der Waals surface area contributed by atoms with Crippen LogP contribution < -0.4 is 0 Å². The molecule has 1 N–H and O–H groups in total. The molecule has 0 radical (unpaired) electrons. The summed E-state index contributed by atoms with van der Waals surface area (Å²) in [5, 5.41) is 9.58. The lowest BCUT2D eigenvalue weighted by Crippen LogP contribution is -2.33. The maximum atomic E-state index is 12.8. The van der Waals surface area contributed by atoms with E-state index in [9.17, 15) is 9.90 Å². The Labute approximate surface area is 173 Å². The van der Waals surface area contributed by atoms with Crippen LogP contribution >= 0.6 is 12.4 Å². The minimum absolute atomic E-state index is 0. The third kappa shape index (κ3) is 4.03. The Morgan fingerprint density at radius 2 is 1.89 bits per heavy atom. The van der Waals surface area contributed by atoms with Crippen LogP contribution in [0.3, 0.4) is 0 Å². The van der Waals surface area contributed by atoms with Gasteiger partial charge in [0.25, 0.3) is 0 Å². The molecule has 2 aliphatic heterocycles. The van der Waals surface area contributed by atoms with Crippen molar-refractivity contribution in [1.82, 2.24) is 9.80 Å². The molecule has 0 aliphatic carbocycles. The van der Waals surface area contributed by atoms with Gasteiger partial charge >= 0.3 is 0 Å². The van der Waals surface area contributed by atoms with Crippen LogP contribution in [0, 0.1) is 18.8 Å². The molecule has 0 aromatic heterocycles. The largest absolute Gasteiger partial charge is 0.508 e. The summed E-state index contributed by atoms with van der Waals surface area (Å²) < 4.78 is 0. The van der Waals surface area contributed by atoms with Gasteiger partial charge in [0.05, 0.1) is 0 Å². The van der Waals surface area contributed by atoms with Crippen LogP contribution in [0.15, 0.2) is 48.5 Å². The van der Waals surface area contributed by atoms with E-state index in [4.69, 9.17) is 0 Å². The molecule has 150 valence electrons. The van der Waals surface area contributed by atoms with Crippen LogP contribution in [0.2, 0.25) is 0 Å². The molecule has 2 aromatic carbocycles. The molecule has 28 heavy (non-hydrogen) atoms. The lowest BCUT2D eigenvalue weighted by molar-refractivity contribution is -0.130. The van der Waals surface area contributed by atoms with Gasteiger partial charge in [-0.15, -0.1) is 12.4 Å². The maximum Gasteiger partial charge on any atom is 0.222 e. The fourth-order valence-electron chi connectivity index (χ4n) is 4.97. The Hall–Kier alpha value is -2.04. The number of fused-ring (bicyclic) bond motifs is 1. The molecule has 2 heterocycles. The maximum absolute atomic E-state index is 12.8. The van der Waals surface area contributed by atoms with Gasteiger partial charge in [0.1, 0.15) is 5.75 Å². The smallest absolute Gasteiger partial charge is 0.222 e. The highest BCUT2D eigenvalue weighted by Crippen LogP contribution is 2.44. The highest BCUT2D eigenvalue weighted by Gasteiger charge is 2.47. The second-order valence-electron chi connectivity index (χ2n) is 8.13. The molecule has 3 atom stereocenters. The van der Waals surface area contributed by atoms with Crippen LogP contribution in [-0.4, -0.2) is 47.5 Å². The molecule has 2 aliphatic rings. The number of hydrogen-bond acceptors (Lipinski definition) is 3. The van der Waals surface area contributed by atoms with Crippen molar-refractivity contribution < 1.29 is 9.90 Å². The average molecular weight is 401 g/mol. The average Bonchev–Trinajstić information content (AvgIpc) is 3.17. The summed E-state index contributed by atoms with van der Waals surface area (Å²) in [7, 11) is 2.21. The lowest BCUT2D eigenvalue weighted by Gasteiger charge is -2.28. The van der Waals surface area contributed by atoms with Crippen molar-refractivity contribution in [3.63, 3.8) is 0 Å². The number of phenolic OH excluding ortho intramolecular Hbond substituents is 1. The van der Waals surface area contributed by atoms with Crippen molar-refractivity contribution in [2.24, 2.45) is 11.8 Å². The quantitative estimate of drug-likeness (QED) is 0.848. The number of likely N-dealkylation sites (tertiary alicyclic amines) is 2. The first-order valence-corrected chi connectivity index (χ1v) is 9.84. The number of carbonyl (C=O) groups is 1. The molecule has 1 amide bonds. The van der Waals surface area contributed by atoms with Gasteiger partial charge in [-0.3, -0.25) is 9.69 Å². The van der Waals surface area contributed by atoms with Crippen molar-refractivity contribution in [2.45, 2.75) is 25.8 Å². The van der Waals surface area contributed by atoms with Gasteiger partial charge in [-0.05, 0) is 55.1 Å². The summed E-state index contributed by atoms with van der Waals surface area (Å²) >= 11 is 0. The topological polar surface area (TPSA) is 43.8 Å². The number of halogens is 1. The predicted octanol–water partition coefficient (Wildman–Crippen LogP) is 3.82. The zero-order valence-corrected chi connectivity index (χ0v) is 17.4. The first-order chi connectivity index (χ1) is 13.0. The first kappa shape index (κ1) is 20.7. The van der Waals surface area contributed by atoms with Gasteiger partial charge < -0.3 is 10.0 Å². The molecule has 2 saturated heterocycles. The van der Waals surface area contributed by atoms with E-state index in [-0.39, 0.29) is 24.1 Å². The summed E-state index contributed by atoms with van der Waals surface area (Å²) in [5.41, 5.74) is 3.76. The van der Waals surface area contributed by atoms with Gasteiger partial charge in [-0.25, -0.2) is 0 Å². The minimum Gasteiger partial charge on any atom is -0.508 e. The summed E-state index contributed by atoms with van der Waals surface area (Å²) in [6.45, 7) is 4.97. The molecular weight excluding hydrogens is 372 g/mol. The summed E-state index contributed by atoms with van der Waals surface area (Å²) in [6.07, 6.45) is 1.19. The van der Waals surface area contributed by atoms with E-state index in [0.717, 1.165) is 25.2 Å². The monoisotopic (exact) mass is 400 g/mol. The highest BCUT2D eigenvalue weighted by atomic mass is 35.5. The second-order valence-corrected chi connectivity index (χ2v) is 8.13. The third-order valence-electron chi connectivity index (χ3n) is 6.29. The Bertz CT molecular complexity index is 841. The highest BCUT2D eigenvalue weighted by molar-refractivity contribution is 5.85. The molecule has 2 aromatic rings. The van der Waals surface area contributed by atoms with Gasteiger partial charge in [-0.1, -0.05) is 36.4 Å². The number of aryl methyl sites for hydroxylation is 2. The van der Waals surface area contributed by atoms with E-state index in [2.05, 4.69) is 48.0 Å². The lowest BCUT2D eigenvalue weighted by atomic mass is 9.88. The fraction of sp³-hybridized carbons (Fsp3) is 0.435. The number of carbonyl (C=O) groups excluding carboxylic acids is 1. The van der Waals surface area contributed by atoms with Crippen LogP contribution in [0.4, 0.5) is 0 Å². The van der Waals surface area contributed by atoms with Gasteiger partial charge in [0.15, 0.2) is 0 Å². The van der Waals surface area contributed by atoms with Gasteiger partial charge in [0.2, 0.25) is 5.91 Å². The molecule has 0 saturated carbocycles. The van der Waals surface area contributed by atoms with Crippen molar-refractivity contribution in [2.75, 3.05) is 26.7 Å². The predicted molar refractivity (Wildman–Crippen MR) is 114 cm³/mol. The number of rotatable bonds is 4. The van der Waals surface area contributed by atoms with Crippen molar-refractivity contribution >= 4 is 18.3 Å². The molecule has 4 nitrogen and oxygen atoms in total. The summed E-state index contributed by atoms with van der Waals surface area (Å²) in [6, 6.07) is 16.2. The van der Waals surface area contributed by atoms with E-state index in [1.165, 1.54) is 11.1 Å². The molecular formula is C23H29ClN2O2. The molecule has 0 spiro atoms. The Morgan fingerprint density at radius 3 is 2.64 bits per heavy atom. The minimum atomic E-state index is 0. The fourth-order valence-corrected chi connectivity index (χ4v) is 4.97. The normalized spacial score (nSPS) is 24.1. The zero-order chi connectivity index (χ0) is 19.0. The Morgan fingerprint density at radius 1 is 1.11 bits per heavy atom. The third-order valence-corrected chi connectivity index (χ3v) is 6.29. The number of benzene rings is 2. The summed E-state index contributed by atoms with van der Waals surface area (Å²) in [4.78, 5) is 17.3. The van der Waals surface area contributed by atoms with Crippen LogP contribution in [0.5, 0.6) is 5.75 Å². The van der Waals surface area contributed by atoms with E-state index >= 15 is 0 Å². The number of aromatic hydroxyl groups is 1. The van der Waals surface area contributed by atoms with E-state index in [0.29, 0.717) is 30.7 Å².